The quantitative estimate of drug-likeness (QED) is 0.832. The van der Waals surface area contributed by atoms with Crippen molar-refractivity contribution in [2.45, 2.75) is 33.3 Å². The van der Waals surface area contributed by atoms with Crippen LogP contribution in [0, 0.1) is 0 Å². The molecule has 4 heteroatoms. The lowest BCUT2D eigenvalue weighted by Crippen LogP contribution is -2.20. The molecule has 0 aliphatic rings. The molecule has 90 valence electrons. The Hall–Kier alpha value is -1.45. The maximum absolute atomic E-state index is 5.81. The summed E-state index contributed by atoms with van der Waals surface area (Å²) in [6, 6.07) is 3.75. The molecule has 0 saturated carbocycles. The first kappa shape index (κ1) is 12.6. The van der Waals surface area contributed by atoms with E-state index in [1.807, 2.05) is 33.0 Å². The number of ether oxygens (including phenoxy) is 1. The van der Waals surface area contributed by atoms with Gasteiger partial charge in [-0.05, 0) is 32.4 Å². The molecule has 16 heavy (non-hydrogen) atoms. The maximum atomic E-state index is 5.81. The van der Waals surface area contributed by atoms with Crippen molar-refractivity contribution >= 4 is 11.5 Å². The molecule has 0 aliphatic heterocycles. The lowest BCUT2D eigenvalue weighted by molar-refractivity contribution is 0.234. The summed E-state index contributed by atoms with van der Waals surface area (Å²) in [5.41, 5.74) is 6.39. The molecule has 0 spiro atoms. The Labute approximate surface area is 97.4 Å². The van der Waals surface area contributed by atoms with Gasteiger partial charge in [0.25, 0.3) is 0 Å². The number of hydrogen-bond acceptors (Lipinski definition) is 4. The third kappa shape index (κ3) is 3.29. The molecule has 4 nitrogen and oxygen atoms in total. The Morgan fingerprint density at radius 1 is 1.44 bits per heavy atom. The summed E-state index contributed by atoms with van der Waals surface area (Å²) in [7, 11) is 2.02. The molecule has 1 aromatic heterocycles. The van der Waals surface area contributed by atoms with Gasteiger partial charge in [-0.25, -0.2) is 0 Å². The van der Waals surface area contributed by atoms with Gasteiger partial charge < -0.3 is 15.4 Å². The highest BCUT2D eigenvalue weighted by atomic mass is 16.5. The zero-order valence-electron chi connectivity index (χ0n) is 10.5. The summed E-state index contributed by atoms with van der Waals surface area (Å²) < 4.78 is 5.55. The Balaban J connectivity index is 2.88. The minimum absolute atomic E-state index is 0.0848. The van der Waals surface area contributed by atoms with Crippen LogP contribution in [0.4, 0.5) is 11.5 Å². The van der Waals surface area contributed by atoms with E-state index in [0.717, 1.165) is 18.8 Å². The summed E-state index contributed by atoms with van der Waals surface area (Å²) in [6.07, 6.45) is 1.17. The first-order valence-electron chi connectivity index (χ1n) is 5.69. The van der Waals surface area contributed by atoms with Crippen molar-refractivity contribution in [3.05, 3.63) is 12.1 Å². The molecule has 0 bridgehead atoms. The third-order valence-electron chi connectivity index (χ3n) is 2.17. The topological polar surface area (TPSA) is 51.4 Å². The van der Waals surface area contributed by atoms with Crippen LogP contribution < -0.4 is 15.4 Å². The standard InChI is InChI=1S/C12H21N3O/c1-5-8-15(4)11-7-6-10(13)12(14-11)16-9(2)3/h6-7,9H,5,8,13H2,1-4H3. The van der Waals surface area contributed by atoms with Crippen LogP contribution in [0.3, 0.4) is 0 Å². The zero-order chi connectivity index (χ0) is 12.1. The molecule has 1 rings (SSSR count). The van der Waals surface area contributed by atoms with Crippen molar-refractivity contribution in [3.8, 4) is 5.88 Å². The van der Waals surface area contributed by atoms with Crippen molar-refractivity contribution in [2.24, 2.45) is 0 Å². The van der Waals surface area contributed by atoms with Crippen molar-refractivity contribution < 1.29 is 4.74 Å². The van der Waals surface area contributed by atoms with Gasteiger partial charge in [-0.2, -0.15) is 4.98 Å². The number of anilines is 2. The number of rotatable bonds is 5. The third-order valence-corrected chi connectivity index (χ3v) is 2.17. The Bertz CT molecular complexity index is 339. The minimum atomic E-state index is 0.0848. The SMILES string of the molecule is CCCN(C)c1ccc(N)c(OC(C)C)n1. The molecule has 0 unspecified atom stereocenters. The van der Waals surface area contributed by atoms with E-state index in [-0.39, 0.29) is 6.10 Å². The van der Waals surface area contributed by atoms with Crippen LogP contribution in [0.2, 0.25) is 0 Å². The number of nitrogens with two attached hydrogens (primary N) is 1. The smallest absolute Gasteiger partial charge is 0.239 e. The van der Waals surface area contributed by atoms with Gasteiger partial charge >= 0.3 is 0 Å². The van der Waals surface area contributed by atoms with Gasteiger partial charge in [0.15, 0.2) is 0 Å². The van der Waals surface area contributed by atoms with E-state index in [0.29, 0.717) is 11.6 Å². The predicted molar refractivity (Wildman–Crippen MR) is 68.0 cm³/mol. The number of pyridine rings is 1. The fourth-order valence-electron chi connectivity index (χ4n) is 1.42. The zero-order valence-corrected chi connectivity index (χ0v) is 10.5. The van der Waals surface area contributed by atoms with Crippen LogP contribution in [0.15, 0.2) is 12.1 Å². The van der Waals surface area contributed by atoms with Crippen LogP contribution in [-0.4, -0.2) is 24.7 Å². The highest BCUT2D eigenvalue weighted by Crippen LogP contribution is 2.23. The second-order valence-corrected chi connectivity index (χ2v) is 4.15. The van der Waals surface area contributed by atoms with E-state index in [2.05, 4.69) is 16.8 Å². The lowest BCUT2D eigenvalue weighted by atomic mass is 10.3. The van der Waals surface area contributed by atoms with Crippen molar-refractivity contribution in [3.63, 3.8) is 0 Å². The molecule has 0 aliphatic carbocycles. The average molecular weight is 223 g/mol. The molecule has 0 fully saturated rings. The molecule has 1 aromatic rings. The van der Waals surface area contributed by atoms with Crippen LogP contribution in [0.1, 0.15) is 27.2 Å². The van der Waals surface area contributed by atoms with Crippen molar-refractivity contribution in [2.75, 3.05) is 24.2 Å². The monoisotopic (exact) mass is 223 g/mol. The molecular formula is C12H21N3O. The summed E-state index contributed by atoms with van der Waals surface area (Å²) in [6.45, 7) is 7.03. The van der Waals surface area contributed by atoms with E-state index >= 15 is 0 Å². The molecule has 0 amide bonds. The summed E-state index contributed by atoms with van der Waals surface area (Å²) in [5, 5.41) is 0. The number of nitrogens with zero attached hydrogens (tertiary/aromatic N) is 2. The molecular weight excluding hydrogens is 202 g/mol. The van der Waals surface area contributed by atoms with Gasteiger partial charge in [-0.1, -0.05) is 6.92 Å². The van der Waals surface area contributed by atoms with Gasteiger partial charge in [0.1, 0.15) is 5.82 Å². The average Bonchev–Trinajstić information content (AvgIpc) is 2.21. The van der Waals surface area contributed by atoms with Crippen LogP contribution in [0.25, 0.3) is 0 Å². The molecule has 0 atom stereocenters. The Kier molecular flexibility index (Phi) is 4.40. The van der Waals surface area contributed by atoms with Gasteiger partial charge in [-0.15, -0.1) is 0 Å². The van der Waals surface area contributed by atoms with E-state index < -0.39 is 0 Å². The second kappa shape index (κ2) is 5.58. The summed E-state index contributed by atoms with van der Waals surface area (Å²) in [4.78, 5) is 6.50. The van der Waals surface area contributed by atoms with Gasteiger partial charge in [0.2, 0.25) is 5.88 Å². The van der Waals surface area contributed by atoms with Gasteiger partial charge in [0.05, 0.1) is 11.8 Å². The van der Waals surface area contributed by atoms with Gasteiger partial charge in [-0.3, -0.25) is 0 Å². The second-order valence-electron chi connectivity index (χ2n) is 4.15. The number of aromatic nitrogens is 1. The Morgan fingerprint density at radius 2 is 2.12 bits per heavy atom. The Morgan fingerprint density at radius 3 is 2.69 bits per heavy atom. The van der Waals surface area contributed by atoms with Crippen molar-refractivity contribution in [1.82, 2.24) is 4.98 Å². The first-order valence-corrected chi connectivity index (χ1v) is 5.69. The van der Waals surface area contributed by atoms with E-state index in [4.69, 9.17) is 10.5 Å². The number of nitrogen functional groups attached to an aromatic ring is 1. The van der Waals surface area contributed by atoms with E-state index in [1.165, 1.54) is 0 Å². The summed E-state index contributed by atoms with van der Waals surface area (Å²) >= 11 is 0. The normalized spacial score (nSPS) is 10.6. The first-order chi connectivity index (χ1) is 7.54. The molecule has 0 aromatic carbocycles. The van der Waals surface area contributed by atoms with E-state index in [9.17, 15) is 0 Å². The summed E-state index contributed by atoms with van der Waals surface area (Å²) in [5.74, 6) is 1.42. The highest BCUT2D eigenvalue weighted by molar-refractivity contribution is 5.54. The number of hydrogen-bond donors (Lipinski definition) is 1. The molecule has 0 radical (unpaired) electrons. The fourth-order valence-corrected chi connectivity index (χ4v) is 1.42. The predicted octanol–water partition coefficient (Wildman–Crippen LogP) is 2.30. The largest absolute Gasteiger partial charge is 0.473 e. The minimum Gasteiger partial charge on any atom is -0.473 e. The van der Waals surface area contributed by atoms with Crippen LogP contribution >= 0.6 is 0 Å². The van der Waals surface area contributed by atoms with Crippen molar-refractivity contribution in [1.29, 1.82) is 0 Å². The van der Waals surface area contributed by atoms with E-state index in [1.54, 1.807) is 0 Å². The fraction of sp³-hybridized carbons (Fsp3) is 0.583. The van der Waals surface area contributed by atoms with Crippen LogP contribution in [-0.2, 0) is 0 Å². The maximum Gasteiger partial charge on any atom is 0.239 e. The molecule has 1 heterocycles. The highest BCUT2D eigenvalue weighted by Gasteiger charge is 2.08. The lowest BCUT2D eigenvalue weighted by Gasteiger charge is -2.19. The van der Waals surface area contributed by atoms with Gasteiger partial charge in [0, 0.05) is 13.6 Å². The molecule has 2 N–H and O–H groups in total. The molecule has 0 saturated heterocycles. The van der Waals surface area contributed by atoms with Crippen LogP contribution in [0.5, 0.6) is 5.88 Å².